The largest absolute Gasteiger partial charge is 1.00 e. The van der Waals surface area contributed by atoms with Crippen LogP contribution in [-0.4, -0.2) is 123 Å². The van der Waals surface area contributed by atoms with Gasteiger partial charge in [-0.15, -0.1) is 0 Å². The number of anilines is 2. The minimum absolute atomic E-state index is 0. The van der Waals surface area contributed by atoms with Gasteiger partial charge in [0, 0.05) is 94.3 Å². The Labute approximate surface area is 872 Å². The van der Waals surface area contributed by atoms with E-state index in [1.807, 2.05) is 43.3 Å². The molecule has 0 heterocycles. The maximum atomic E-state index is 15.2. The Morgan fingerprint density at radius 2 is 0.683 bits per heavy atom. The molecule has 0 aliphatic heterocycles. The van der Waals surface area contributed by atoms with Gasteiger partial charge in [0.2, 0.25) is 28.3 Å². The zero-order chi connectivity index (χ0) is 95.4. The molecule has 16 bridgehead atoms. The molecule has 0 aromatic heterocycles. The third-order valence-electron chi connectivity index (χ3n) is 36.3. The van der Waals surface area contributed by atoms with Crippen LogP contribution in [0.25, 0.3) is 22.3 Å². The number of nitrogens with zero attached hydrogens (tertiary/aromatic N) is 3. The Balaban J connectivity index is 0.00000251. The summed E-state index contributed by atoms with van der Waals surface area (Å²) in [6.45, 7) is 13.7. The number of ether oxygens (including phenoxy) is 6. The number of methoxy groups -OCH3 is 6. The molecule has 2 atom stereocenters. The molecule has 26 rings (SSSR count). The number of nitrogens with one attached hydrogen (secondary N) is 8. The lowest BCUT2D eigenvalue weighted by atomic mass is 9.52. The van der Waals surface area contributed by atoms with Gasteiger partial charge in [0.15, 0.2) is 33.2 Å². The van der Waals surface area contributed by atoms with Crippen molar-refractivity contribution in [3.8, 4) is 56.8 Å². The van der Waals surface area contributed by atoms with Gasteiger partial charge in [-0.1, -0.05) is 91.5 Å². The zero-order valence-corrected chi connectivity index (χ0v) is 88.2. The van der Waals surface area contributed by atoms with Gasteiger partial charge in [-0.05, 0) is 398 Å². The molecule has 18 N–H and O–H groups in total. The highest BCUT2D eigenvalue weighted by Gasteiger charge is 2.58. The second-order valence-corrected chi connectivity index (χ2v) is 47.1. The maximum absolute atomic E-state index is 15.2. The number of thiocarbonyl (C=S) groups is 2. The quantitative estimate of drug-likeness (QED) is 0.0108. The molecule has 8 aromatic carbocycles. The number of amides is 1. The maximum Gasteiger partial charge on any atom is 0.217 e. The van der Waals surface area contributed by atoms with Gasteiger partial charge in [-0.25, -0.2) is 0 Å². The third kappa shape index (κ3) is 21.7. The molecular formula is C117H154ClN11O14S2. The van der Waals surface area contributed by atoms with E-state index in [-0.39, 0.29) is 84.8 Å². The molecule has 18 aliphatic carbocycles. The number of hydrazine groups is 2. The van der Waals surface area contributed by atoms with E-state index in [0.717, 1.165) is 158 Å². The number of fused-ring (bicyclic) bond motifs is 6. The highest BCUT2D eigenvalue weighted by molar-refractivity contribution is 7.80. The van der Waals surface area contributed by atoms with E-state index < -0.39 is 6.04 Å². The van der Waals surface area contributed by atoms with E-state index in [4.69, 9.17) is 52.9 Å². The topological polar surface area (TPSA) is 367 Å². The summed E-state index contributed by atoms with van der Waals surface area (Å²) in [5.74, 6) is 11.8. The number of hydrogen-bond donors (Lipinski definition) is 8. The van der Waals surface area contributed by atoms with Crippen LogP contribution in [0.5, 0.6) is 34.5 Å². The van der Waals surface area contributed by atoms with Crippen molar-refractivity contribution < 1.29 is 77.5 Å². The van der Waals surface area contributed by atoms with Crippen LogP contribution in [0, 0.1) is 71.0 Å². The lowest BCUT2D eigenvalue weighted by Crippen LogP contribution is -3.00. The number of carbonyl (C=O) groups excluding carboxylic acids is 1. The summed E-state index contributed by atoms with van der Waals surface area (Å²) >= 11 is 13.7. The summed E-state index contributed by atoms with van der Waals surface area (Å²) in [7, 11) is 9.79. The molecule has 0 unspecified atom stereocenters. The molecule has 0 saturated heterocycles. The van der Waals surface area contributed by atoms with Crippen molar-refractivity contribution in [2.75, 3.05) is 53.5 Å². The van der Waals surface area contributed by atoms with Crippen LogP contribution in [0.2, 0.25) is 0 Å². The van der Waals surface area contributed by atoms with Crippen molar-refractivity contribution in [1.29, 1.82) is 0 Å². The summed E-state index contributed by atoms with van der Waals surface area (Å²) < 4.78 is 36.9. The molecule has 16 fully saturated rings. The Morgan fingerprint density at radius 3 is 0.986 bits per heavy atom. The highest BCUT2D eigenvalue weighted by Crippen LogP contribution is 2.63. The van der Waals surface area contributed by atoms with Crippen LogP contribution < -0.4 is 94.7 Å². The standard InChI is InChI=1S/C117H143N11O9S2.ClH.5H2O/c1-70(2)120-98-26-22-92-46-104(132-4)108(134-6)110(136-8)106(92)94-24-28-100(102(130)48-96(94)98)122-124-112(138)126(116-56-86-40-87(57-116)42-88(41-86)58-116)64-74-16-12-20-78(32-74)68-128(66-76-18-10-14-72(30-76)62-118-114-50-80-34-81(51-114)36-82(35-80)52-114,67-77-19-11-15-73(31-77)63-119-115-53-83-37-84(54-115)39-85(38-83)55-115)69-79-21-13-17-75(33-79)65-127(117-59-89-43-90(60-117)45-91(44-89)61-117)113(139)125-123-101-29-25-95-97(49-103(101)131)99(121-71(3)129)27-23-93-47-105(133-5)109(135-7)111(137-9)107(93)95;;;;;;/h10-21,24-25,28-33,46-49,80-91,98-99,118-120H,1,22-23,26-27,34-45,50-69H2,2-9H3,(H4-,121,122,123,124,125,129,130,131,138,139);1H;5*1H2/t80?,81?,82?,83?,84?,85?,86?,87?,88?,89?,90?,91?,98-,99-,114?,115?,116?,117?,128?;;;;;;/m0....../s1. The van der Waals surface area contributed by atoms with Crippen molar-refractivity contribution in [2.45, 2.75) is 280 Å². The summed E-state index contributed by atoms with van der Waals surface area (Å²) in [6, 6.07) is 53.1. The van der Waals surface area contributed by atoms with Crippen molar-refractivity contribution in [1.82, 2.24) is 41.9 Å². The predicted octanol–water partition coefficient (Wildman–Crippen LogP) is 14.3. The Bertz CT molecular complexity index is 5730. The summed E-state index contributed by atoms with van der Waals surface area (Å²) in [4.78, 5) is 48.5. The number of hydrogen-bond acceptors (Lipinski definition) is 16. The van der Waals surface area contributed by atoms with Gasteiger partial charge in [-0.2, -0.15) is 0 Å². The van der Waals surface area contributed by atoms with Crippen LogP contribution in [0.15, 0.2) is 167 Å². The van der Waals surface area contributed by atoms with Gasteiger partial charge < -0.3 is 104 Å². The van der Waals surface area contributed by atoms with Crippen molar-refractivity contribution in [2.24, 2.45) is 71.0 Å². The molecule has 0 spiro atoms. The molecule has 28 heteroatoms. The summed E-state index contributed by atoms with van der Waals surface area (Å²) in [5.41, 5.74) is 32.4. The molecule has 1 amide bonds. The molecular weight excluding hydrogens is 1880 g/mol. The molecule has 145 heavy (non-hydrogen) atoms. The fourth-order valence-electron chi connectivity index (χ4n) is 32.6. The van der Waals surface area contributed by atoms with Gasteiger partial charge in [0.1, 0.15) is 37.6 Å². The first kappa shape index (κ1) is 108. The normalized spacial score (nSPS) is 28.1. The van der Waals surface area contributed by atoms with E-state index in [9.17, 15) is 4.79 Å². The fourth-order valence-corrected chi connectivity index (χ4v) is 33.2. The van der Waals surface area contributed by atoms with E-state index in [0.29, 0.717) is 140 Å². The van der Waals surface area contributed by atoms with E-state index >= 15 is 9.59 Å². The second kappa shape index (κ2) is 44.0. The lowest BCUT2D eigenvalue weighted by Gasteiger charge is -2.61. The summed E-state index contributed by atoms with van der Waals surface area (Å²) in [5, 5.41) is 16.7. The van der Waals surface area contributed by atoms with Crippen molar-refractivity contribution in [3.63, 3.8) is 0 Å². The molecule has 25 nitrogen and oxygen atoms in total. The SMILES string of the molecule is C=C(C)N[C@H]1CCc2cc(OC)c(OC)c(OC)c2-c2ccc(NNC(=S)N(Cc3cccc(C[N+](Cc4cccc(CNC56CC7CC(CC(C7)C5)C6)c4)(Cc4cccc(CNC56CC7CC(CC(C7)C5)C6)c4)Cc4cccc(CN(C(=S)NNc5ccc6c(cc5=O)[C@@H](NC(C)=O)CCc5cc(OC)c(OC)c(OC)c5-6)C56CC7CC(CC(C7)C5)C6)c4)c3)C34CC5CC(CC(C5)C3)C4)c(=O)cc21.O.O.O.O.O.[Cl-]. The van der Waals surface area contributed by atoms with Crippen molar-refractivity contribution >= 4 is 51.9 Å². The molecule has 8 aromatic rings. The number of quaternary nitrogens is 1. The third-order valence-corrected chi connectivity index (χ3v) is 36.9. The number of halogens is 1. The predicted molar refractivity (Wildman–Crippen MR) is 576 cm³/mol. The van der Waals surface area contributed by atoms with E-state index in [2.05, 4.69) is 156 Å². The van der Waals surface area contributed by atoms with Crippen LogP contribution in [0.3, 0.4) is 0 Å². The minimum Gasteiger partial charge on any atom is -1.00 e. The monoisotopic (exact) mass is 2040 g/mol. The molecule has 0 radical (unpaired) electrons. The van der Waals surface area contributed by atoms with Crippen LogP contribution in [0.4, 0.5) is 11.4 Å². The number of allylic oxidation sites excluding steroid dienone is 1. The van der Waals surface area contributed by atoms with Gasteiger partial charge in [0.05, 0.1) is 54.7 Å². The number of aryl methyl sites for hydroxylation is 2. The fraction of sp³-hybridized carbons (Fsp3) is 0.530. The Morgan fingerprint density at radius 1 is 0.386 bits per heavy atom. The van der Waals surface area contributed by atoms with Crippen LogP contribution in [-0.2, 0) is 70.0 Å². The number of carbonyl (C=O) groups is 1. The first-order valence-electron chi connectivity index (χ1n) is 52.4. The smallest absolute Gasteiger partial charge is 0.217 e. The lowest BCUT2D eigenvalue weighted by molar-refractivity contribution is -0.978. The first-order valence-corrected chi connectivity index (χ1v) is 53.2. The number of benzene rings is 6. The minimum atomic E-state index is -0.468. The Hall–Kier alpha value is -10.1. The Kier molecular flexibility index (Phi) is 32.6. The second-order valence-electron chi connectivity index (χ2n) is 46.3. The van der Waals surface area contributed by atoms with Gasteiger partial charge in [-0.3, -0.25) is 36.1 Å². The summed E-state index contributed by atoms with van der Waals surface area (Å²) in [6.07, 6.45) is 32.9. The molecule has 18 aliphatic rings. The molecule has 780 valence electrons. The molecule has 16 saturated carbocycles. The van der Waals surface area contributed by atoms with Gasteiger partial charge in [0.25, 0.3) is 0 Å². The highest BCUT2D eigenvalue weighted by atomic mass is 35.5. The average molecular weight is 2040 g/mol. The van der Waals surface area contributed by atoms with Crippen LogP contribution >= 0.6 is 24.4 Å². The number of rotatable bonds is 33. The average Bonchev–Trinajstić information content (AvgIpc) is 1.21. The van der Waals surface area contributed by atoms with Crippen LogP contribution in [0.1, 0.15) is 260 Å². The van der Waals surface area contributed by atoms with E-state index in [1.54, 1.807) is 54.8 Å². The zero-order valence-electron chi connectivity index (χ0n) is 85.8. The van der Waals surface area contributed by atoms with Gasteiger partial charge >= 0.3 is 0 Å². The first-order chi connectivity index (χ1) is 67.4. The van der Waals surface area contributed by atoms with Crippen molar-refractivity contribution in [3.05, 3.63) is 245 Å². The van der Waals surface area contributed by atoms with E-state index in [1.165, 1.54) is 167 Å².